The normalized spacial score (nSPS) is 25.9. The fourth-order valence-corrected chi connectivity index (χ4v) is 8.51. The molecular weight excluding hydrogens is 654 g/mol. The zero-order valence-electron chi connectivity index (χ0n) is 30.5. The number of amides is 5. The minimum Gasteiger partial charge on any atom is -0.379 e. The van der Waals surface area contributed by atoms with Gasteiger partial charge in [0.15, 0.2) is 0 Å². The van der Waals surface area contributed by atoms with Crippen molar-refractivity contribution >= 4 is 39.7 Å². The van der Waals surface area contributed by atoms with E-state index < -0.39 is 74.7 Å². The van der Waals surface area contributed by atoms with Gasteiger partial charge in [0, 0.05) is 39.3 Å². The largest absolute Gasteiger partial charge is 0.379 e. The molecule has 2 aliphatic carbocycles. The number of nitrogens with zero attached hydrogens (tertiary/aromatic N) is 3. The zero-order chi connectivity index (χ0) is 36.9. The second kappa shape index (κ2) is 14.1. The third kappa shape index (κ3) is 8.74. The summed E-state index contributed by atoms with van der Waals surface area (Å²) in [6.45, 7) is 16.6. The number of rotatable bonds is 13. The van der Waals surface area contributed by atoms with Crippen LogP contribution in [0.4, 0.5) is 4.79 Å². The first-order valence-corrected chi connectivity index (χ1v) is 18.7. The van der Waals surface area contributed by atoms with E-state index in [1.807, 2.05) is 55.4 Å². The molecule has 2 saturated heterocycles. The first-order chi connectivity index (χ1) is 22.5. The molecule has 4 rings (SSSR count). The van der Waals surface area contributed by atoms with Gasteiger partial charge in [-0.1, -0.05) is 68.2 Å². The van der Waals surface area contributed by atoms with Crippen molar-refractivity contribution in [2.45, 2.75) is 98.8 Å². The summed E-state index contributed by atoms with van der Waals surface area (Å²) in [6, 6.07) is -4.28. The van der Waals surface area contributed by atoms with Crippen LogP contribution in [0.15, 0.2) is 0 Å². The molecule has 4 fully saturated rings. The van der Waals surface area contributed by atoms with E-state index in [1.165, 1.54) is 20.6 Å². The van der Waals surface area contributed by atoms with Crippen molar-refractivity contribution in [3.63, 3.8) is 0 Å². The van der Waals surface area contributed by atoms with E-state index in [2.05, 4.69) is 16.0 Å². The van der Waals surface area contributed by atoms with Gasteiger partial charge in [-0.25, -0.2) is 4.79 Å². The van der Waals surface area contributed by atoms with Gasteiger partial charge in [-0.3, -0.25) is 19.2 Å². The highest BCUT2D eigenvalue weighted by atomic mass is 32.2. The number of nitrogens with one attached hydrogen (secondary N) is 3. The van der Waals surface area contributed by atoms with Crippen molar-refractivity contribution in [1.82, 2.24) is 29.5 Å². The lowest BCUT2D eigenvalue weighted by Crippen LogP contribution is -2.63. The highest BCUT2D eigenvalue weighted by molar-refractivity contribution is 7.86. The summed E-state index contributed by atoms with van der Waals surface area (Å²) < 4.78 is 34.4. The lowest BCUT2D eigenvalue weighted by Gasteiger charge is -2.39. The van der Waals surface area contributed by atoms with Crippen LogP contribution in [0, 0.1) is 34.0 Å². The van der Waals surface area contributed by atoms with Crippen molar-refractivity contribution in [2.75, 3.05) is 46.4 Å². The second-order valence-electron chi connectivity index (χ2n) is 17.0. The van der Waals surface area contributed by atoms with Crippen molar-refractivity contribution in [2.24, 2.45) is 39.7 Å². The summed E-state index contributed by atoms with van der Waals surface area (Å²) >= 11 is 0. The van der Waals surface area contributed by atoms with Gasteiger partial charge in [-0.15, -0.1) is 0 Å². The fraction of sp³-hybridized carbons (Fsp3) is 0.848. The Hall–Kier alpha value is -2.82. The van der Waals surface area contributed by atoms with E-state index >= 15 is 0 Å². The van der Waals surface area contributed by atoms with Gasteiger partial charge in [0.05, 0.1) is 19.3 Å². The Kier molecular flexibility index (Phi) is 11.2. The maximum absolute atomic E-state index is 14.4. The van der Waals surface area contributed by atoms with Crippen molar-refractivity contribution in [3.05, 3.63) is 0 Å². The average Bonchev–Trinajstić information content (AvgIpc) is 3.85. The first-order valence-electron chi connectivity index (χ1n) is 17.3. The Labute approximate surface area is 290 Å². The molecule has 0 bridgehead atoms. The molecular formula is C33H57N7O8S. The lowest BCUT2D eigenvalue weighted by atomic mass is 9.85. The molecule has 2 heterocycles. The van der Waals surface area contributed by atoms with Gasteiger partial charge >= 0.3 is 6.03 Å². The molecule has 4 aliphatic rings. The summed E-state index contributed by atoms with van der Waals surface area (Å²) in [4.78, 5) is 67.8. The van der Waals surface area contributed by atoms with Crippen molar-refractivity contribution in [3.8, 4) is 0 Å². The van der Waals surface area contributed by atoms with Crippen LogP contribution in [0.3, 0.4) is 0 Å². The van der Waals surface area contributed by atoms with E-state index in [0.717, 1.165) is 12.8 Å². The maximum Gasteiger partial charge on any atom is 0.315 e. The average molecular weight is 712 g/mol. The van der Waals surface area contributed by atoms with Gasteiger partial charge in [0.1, 0.15) is 12.1 Å². The Morgan fingerprint density at radius 1 is 0.959 bits per heavy atom. The van der Waals surface area contributed by atoms with Crippen LogP contribution in [0.2, 0.25) is 0 Å². The number of urea groups is 1. The van der Waals surface area contributed by atoms with Gasteiger partial charge in [-0.2, -0.15) is 17.0 Å². The molecule has 0 aromatic rings. The molecule has 0 aromatic heterocycles. The van der Waals surface area contributed by atoms with Crippen LogP contribution < -0.4 is 21.7 Å². The SMILES string of the molecule is CN(C[C@@H](NC(=O)N[C@H](C(=O)N1C[C@H]2[C@@H]([C@H]1C(=O)NC(CC1CC1)C(=O)C(N)=O)C2(C)C)C(C)(C)C)C(C)(C)C)S(=O)(=O)N1CCOCC1. The highest BCUT2D eigenvalue weighted by Crippen LogP contribution is 2.65. The van der Waals surface area contributed by atoms with Gasteiger partial charge in [0.2, 0.25) is 17.6 Å². The summed E-state index contributed by atoms with van der Waals surface area (Å²) in [6.07, 6.45) is 2.12. The number of piperidine rings is 1. The molecule has 0 aromatic carbocycles. The molecule has 1 unspecified atom stereocenters. The maximum atomic E-state index is 14.4. The van der Waals surface area contributed by atoms with Crippen molar-refractivity contribution in [1.29, 1.82) is 0 Å². The summed E-state index contributed by atoms with van der Waals surface area (Å²) in [5, 5.41) is 8.52. The number of ether oxygens (including phenoxy) is 1. The number of hydrogen-bond donors (Lipinski definition) is 4. The number of Topliss-reactive ketones (excluding diaryl/α,β-unsaturated/α-hetero) is 1. The van der Waals surface area contributed by atoms with Crippen molar-refractivity contribution < 1.29 is 37.1 Å². The molecule has 278 valence electrons. The number of fused-ring (bicyclic) bond motifs is 1. The second-order valence-corrected chi connectivity index (χ2v) is 19.0. The Morgan fingerprint density at radius 3 is 2.06 bits per heavy atom. The molecule has 15 nitrogen and oxygen atoms in total. The molecule has 0 spiro atoms. The number of likely N-dealkylation sites (N-methyl/N-ethyl adjacent to an activating group) is 1. The Bertz CT molecular complexity index is 1410. The van der Waals surface area contributed by atoms with Crippen LogP contribution >= 0.6 is 0 Å². The number of morpholine rings is 1. The number of likely N-dealkylation sites (tertiary alicyclic amines) is 1. The molecule has 5 amide bonds. The monoisotopic (exact) mass is 711 g/mol. The Balaban J connectivity index is 1.50. The van der Waals surface area contributed by atoms with Gasteiger partial charge < -0.3 is 31.3 Å². The quantitative estimate of drug-likeness (QED) is 0.197. The topological polar surface area (TPSA) is 201 Å². The molecule has 16 heteroatoms. The van der Waals surface area contributed by atoms with Crippen LogP contribution in [0.25, 0.3) is 0 Å². The number of primary amides is 1. The number of hydrogen-bond acceptors (Lipinski definition) is 8. The summed E-state index contributed by atoms with van der Waals surface area (Å²) in [5.74, 6) is -2.81. The van der Waals surface area contributed by atoms with Gasteiger partial charge in [-0.05, 0) is 40.4 Å². The van der Waals surface area contributed by atoms with Crippen LogP contribution in [-0.2, 0) is 34.1 Å². The van der Waals surface area contributed by atoms with Gasteiger partial charge in [0.25, 0.3) is 16.1 Å². The van der Waals surface area contributed by atoms with Crippen LogP contribution in [-0.4, -0.2) is 122 Å². The molecule has 49 heavy (non-hydrogen) atoms. The Morgan fingerprint density at radius 2 is 1.55 bits per heavy atom. The minimum absolute atomic E-state index is 0.0103. The predicted octanol–water partition coefficient (Wildman–Crippen LogP) is 0.446. The van der Waals surface area contributed by atoms with E-state index in [4.69, 9.17) is 10.5 Å². The molecule has 5 N–H and O–H groups in total. The first kappa shape index (κ1) is 39.0. The number of carbonyl (C=O) groups excluding carboxylic acids is 5. The van der Waals surface area contributed by atoms with E-state index in [-0.39, 0.29) is 42.8 Å². The summed E-state index contributed by atoms with van der Waals surface area (Å²) in [7, 11) is -2.33. The van der Waals surface area contributed by atoms with E-state index in [0.29, 0.717) is 26.2 Å². The third-order valence-corrected chi connectivity index (χ3v) is 12.7. The minimum atomic E-state index is -3.80. The standard InChI is InChI=1S/C33H57N7O8S/c1-31(2,3)22(18-38(9)49(46,47)39-12-14-48-15-13-39)36-30(45)37-26(32(4,5)6)29(44)40-17-20-23(33(20,7)8)24(40)28(43)35-21(16-19-10-11-19)25(41)27(34)42/h19-24,26H,10-18H2,1-9H3,(H2,34,42)(H,35,43)(H2,36,37,45)/t20-,21?,22+,23-,24-,26+/m0/s1. The molecule has 0 radical (unpaired) electrons. The smallest absolute Gasteiger partial charge is 0.315 e. The lowest BCUT2D eigenvalue weighted by molar-refractivity contribution is -0.145. The fourth-order valence-electron chi connectivity index (χ4n) is 7.17. The van der Waals surface area contributed by atoms with E-state index in [9.17, 15) is 32.4 Å². The molecule has 2 saturated carbocycles. The number of ketones is 1. The summed E-state index contributed by atoms with van der Waals surface area (Å²) in [5.41, 5.74) is 3.76. The number of carbonyl (C=O) groups is 5. The van der Waals surface area contributed by atoms with Crippen LogP contribution in [0.5, 0.6) is 0 Å². The van der Waals surface area contributed by atoms with Crippen LogP contribution in [0.1, 0.15) is 74.7 Å². The van der Waals surface area contributed by atoms with E-state index in [1.54, 1.807) is 0 Å². The zero-order valence-corrected chi connectivity index (χ0v) is 31.3. The number of nitrogens with two attached hydrogens (primary N) is 1. The molecule has 6 atom stereocenters. The predicted molar refractivity (Wildman–Crippen MR) is 182 cm³/mol. The third-order valence-electron chi connectivity index (χ3n) is 10.8. The highest BCUT2D eigenvalue weighted by Gasteiger charge is 2.70. The molecule has 2 aliphatic heterocycles.